The smallest absolute Gasteiger partial charge is 0.251 e. The summed E-state index contributed by atoms with van der Waals surface area (Å²) in [7, 11) is 0. The van der Waals surface area contributed by atoms with E-state index in [1.54, 1.807) is 23.1 Å². The van der Waals surface area contributed by atoms with E-state index in [0.717, 1.165) is 6.42 Å². The van der Waals surface area contributed by atoms with Gasteiger partial charge in [0.1, 0.15) is 5.75 Å². The quantitative estimate of drug-likeness (QED) is 0.871. The number of carbonyl (C=O) groups is 1. The number of halogens is 1. The van der Waals surface area contributed by atoms with Crippen LogP contribution in [0.4, 0.5) is 0 Å². The van der Waals surface area contributed by atoms with Gasteiger partial charge >= 0.3 is 0 Å². The lowest BCUT2D eigenvalue weighted by Crippen LogP contribution is -2.43. The fraction of sp³-hybridized carbons (Fsp3) is 0.474. The molecule has 0 aliphatic heterocycles. The third-order valence-corrected chi connectivity index (χ3v) is 5.28. The number of benzene rings is 1. The van der Waals surface area contributed by atoms with Gasteiger partial charge in [0.25, 0.3) is 5.91 Å². The Bertz CT molecular complexity index is 731. The van der Waals surface area contributed by atoms with E-state index in [9.17, 15) is 4.79 Å². The minimum atomic E-state index is -0.0430. The van der Waals surface area contributed by atoms with Crippen LogP contribution in [0.1, 0.15) is 43.5 Å². The highest BCUT2D eigenvalue weighted by molar-refractivity contribution is 6.30. The van der Waals surface area contributed by atoms with Crippen LogP contribution in [-0.2, 0) is 6.73 Å². The summed E-state index contributed by atoms with van der Waals surface area (Å²) in [5, 5.41) is 7.81. The highest BCUT2D eigenvalue weighted by atomic mass is 35.5. The van der Waals surface area contributed by atoms with Gasteiger partial charge < -0.3 is 10.1 Å². The van der Waals surface area contributed by atoms with E-state index in [1.807, 2.05) is 18.2 Å². The zero-order chi connectivity index (χ0) is 17.8. The molecule has 5 nitrogen and oxygen atoms in total. The third kappa shape index (κ3) is 4.54. The van der Waals surface area contributed by atoms with Gasteiger partial charge in [0, 0.05) is 17.8 Å². The molecule has 1 aromatic carbocycles. The van der Waals surface area contributed by atoms with Crippen molar-refractivity contribution in [1.29, 1.82) is 0 Å². The predicted molar refractivity (Wildman–Crippen MR) is 97.7 cm³/mol. The van der Waals surface area contributed by atoms with Crippen LogP contribution >= 0.6 is 11.6 Å². The number of hydrogen-bond acceptors (Lipinski definition) is 3. The van der Waals surface area contributed by atoms with Crippen LogP contribution in [0.2, 0.25) is 5.02 Å². The molecule has 6 heteroatoms. The second kappa shape index (κ2) is 7.91. The summed E-state index contributed by atoms with van der Waals surface area (Å²) in [5.41, 5.74) is 0.612. The number of ether oxygens (including phenoxy) is 1. The molecule has 1 fully saturated rings. The Balaban J connectivity index is 1.61. The molecule has 1 heterocycles. The second-order valence-corrected chi connectivity index (χ2v) is 7.28. The number of nitrogens with zero attached hydrogens (tertiary/aromatic N) is 2. The Kier molecular flexibility index (Phi) is 5.63. The number of carbonyl (C=O) groups excluding carboxylic acids is 1. The van der Waals surface area contributed by atoms with Crippen molar-refractivity contribution in [3.05, 3.63) is 47.2 Å². The maximum Gasteiger partial charge on any atom is 0.251 e. The Morgan fingerprint density at radius 3 is 3.00 bits per heavy atom. The zero-order valence-corrected chi connectivity index (χ0v) is 15.4. The maximum absolute atomic E-state index is 12.6. The zero-order valence-electron chi connectivity index (χ0n) is 14.6. The SMILES string of the molecule is C[C@H]1[C@@H](NC(=O)c2cccc(OCn3cc(Cl)cn3)c2)CCC[C@@H]1C. The molecule has 3 rings (SSSR count). The fourth-order valence-electron chi connectivity index (χ4n) is 3.31. The molecule has 0 bridgehead atoms. The van der Waals surface area contributed by atoms with Gasteiger partial charge in [0.05, 0.1) is 11.2 Å². The second-order valence-electron chi connectivity index (χ2n) is 6.85. The molecule has 1 saturated carbocycles. The molecule has 0 spiro atoms. The summed E-state index contributed by atoms with van der Waals surface area (Å²) >= 11 is 5.83. The first-order chi connectivity index (χ1) is 12.0. The van der Waals surface area contributed by atoms with E-state index >= 15 is 0 Å². The molecule has 134 valence electrons. The Labute approximate surface area is 153 Å². The van der Waals surface area contributed by atoms with Crippen molar-refractivity contribution < 1.29 is 9.53 Å². The van der Waals surface area contributed by atoms with E-state index in [4.69, 9.17) is 16.3 Å². The average molecular weight is 362 g/mol. The molecule has 0 saturated heterocycles. The molecule has 25 heavy (non-hydrogen) atoms. The lowest BCUT2D eigenvalue weighted by atomic mass is 9.78. The first-order valence-corrected chi connectivity index (χ1v) is 9.12. The minimum Gasteiger partial charge on any atom is -0.471 e. The molecule has 0 radical (unpaired) electrons. The molecule has 1 aromatic heterocycles. The summed E-state index contributed by atoms with van der Waals surface area (Å²) in [6, 6.07) is 7.47. The lowest BCUT2D eigenvalue weighted by molar-refractivity contribution is 0.0890. The van der Waals surface area contributed by atoms with Crippen molar-refractivity contribution in [3.8, 4) is 5.75 Å². The Hall–Kier alpha value is -2.01. The molecular weight excluding hydrogens is 338 g/mol. The maximum atomic E-state index is 12.6. The van der Waals surface area contributed by atoms with Crippen LogP contribution in [0, 0.1) is 11.8 Å². The van der Waals surface area contributed by atoms with Crippen LogP contribution in [0.3, 0.4) is 0 Å². The van der Waals surface area contributed by atoms with Crippen molar-refractivity contribution in [2.24, 2.45) is 11.8 Å². The molecule has 0 unspecified atom stereocenters. The Morgan fingerprint density at radius 2 is 2.24 bits per heavy atom. The van der Waals surface area contributed by atoms with Gasteiger partial charge in [0.2, 0.25) is 0 Å². The molecule has 3 atom stereocenters. The van der Waals surface area contributed by atoms with Gasteiger partial charge in [-0.3, -0.25) is 4.79 Å². The molecule has 1 aliphatic carbocycles. The first-order valence-electron chi connectivity index (χ1n) is 8.74. The molecule has 1 aliphatic rings. The summed E-state index contributed by atoms with van der Waals surface area (Å²) < 4.78 is 7.28. The summed E-state index contributed by atoms with van der Waals surface area (Å²) in [4.78, 5) is 12.6. The number of hydrogen-bond donors (Lipinski definition) is 1. The summed E-state index contributed by atoms with van der Waals surface area (Å²) in [5.74, 6) is 1.74. The fourth-order valence-corrected chi connectivity index (χ4v) is 3.47. The van der Waals surface area contributed by atoms with Gasteiger partial charge in [-0.1, -0.05) is 44.4 Å². The normalized spacial score (nSPS) is 23.2. The lowest BCUT2D eigenvalue weighted by Gasteiger charge is -2.34. The van der Waals surface area contributed by atoms with E-state index in [1.165, 1.54) is 12.8 Å². The Morgan fingerprint density at radius 1 is 1.40 bits per heavy atom. The van der Waals surface area contributed by atoms with Crippen molar-refractivity contribution in [2.45, 2.75) is 45.9 Å². The van der Waals surface area contributed by atoms with Crippen LogP contribution in [0.25, 0.3) is 0 Å². The third-order valence-electron chi connectivity index (χ3n) is 5.08. The van der Waals surface area contributed by atoms with Crippen LogP contribution < -0.4 is 10.1 Å². The van der Waals surface area contributed by atoms with Gasteiger partial charge in [-0.2, -0.15) is 5.10 Å². The van der Waals surface area contributed by atoms with Gasteiger partial charge in [-0.15, -0.1) is 0 Å². The van der Waals surface area contributed by atoms with Crippen LogP contribution in [0.5, 0.6) is 5.75 Å². The number of amides is 1. The average Bonchev–Trinajstić information content (AvgIpc) is 3.03. The van der Waals surface area contributed by atoms with Gasteiger partial charge in [-0.25, -0.2) is 4.68 Å². The van der Waals surface area contributed by atoms with Crippen molar-refractivity contribution in [3.63, 3.8) is 0 Å². The largest absolute Gasteiger partial charge is 0.471 e. The van der Waals surface area contributed by atoms with Gasteiger partial charge in [0.15, 0.2) is 6.73 Å². The minimum absolute atomic E-state index is 0.0430. The monoisotopic (exact) mass is 361 g/mol. The molecule has 1 N–H and O–H groups in total. The van der Waals surface area contributed by atoms with Crippen molar-refractivity contribution in [2.75, 3.05) is 0 Å². The predicted octanol–water partition coefficient (Wildman–Crippen LogP) is 4.13. The summed E-state index contributed by atoms with van der Waals surface area (Å²) in [6.45, 7) is 4.73. The highest BCUT2D eigenvalue weighted by Crippen LogP contribution is 2.29. The van der Waals surface area contributed by atoms with Crippen LogP contribution in [0.15, 0.2) is 36.7 Å². The van der Waals surface area contributed by atoms with E-state index in [0.29, 0.717) is 28.2 Å². The summed E-state index contributed by atoms with van der Waals surface area (Å²) in [6.07, 6.45) is 6.71. The van der Waals surface area contributed by atoms with E-state index in [-0.39, 0.29) is 18.7 Å². The number of rotatable bonds is 5. The number of aromatic nitrogens is 2. The molecule has 1 amide bonds. The van der Waals surface area contributed by atoms with Crippen LogP contribution in [-0.4, -0.2) is 21.7 Å². The number of nitrogens with one attached hydrogen (secondary N) is 1. The van der Waals surface area contributed by atoms with E-state index < -0.39 is 0 Å². The van der Waals surface area contributed by atoms with Gasteiger partial charge in [-0.05, 0) is 36.5 Å². The highest BCUT2D eigenvalue weighted by Gasteiger charge is 2.28. The molecule has 2 aromatic rings. The first kappa shape index (κ1) is 17.8. The topological polar surface area (TPSA) is 56.1 Å². The van der Waals surface area contributed by atoms with Crippen molar-refractivity contribution in [1.82, 2.24) is 15.1 Å². The standard InChI is InChI=1S/C19H24ClN3O2/c1-13-5-3-8-18(14(13)2)22-19(24)15-6-4-7-17(9-15)25-12-23-11-16(20)10-21-23/h4,6-7,9-11,13-14,18H,3,5,8,12H2,1-2H3,(H,22,24)/t13-,14+,18-/m0/s1. The van der Waals surface area contributed by atoms with E-state index in [2.05, 4.69) is 24.3 Å². The van der Waals surface area contributed by atoms with Crippen molar-refractivity contribution >= 4 is 17.5 Å². The molecular formula is C19H24ClN3O2.